The minimum atomic E-state index is 0.0764. The molecule has 13 rings (SSSR count). The molecule has 1 aliphatic heterocycles. The van der Waals surface area contributed by atoms with Crippen molar-refractivity contribution in [3.8, 4) is 22.3 Å². The van der Waals surface area contributed by atoms with E-state index in [1.807, 2.05) is 12.1 Å². The number of furan rings is 2. The molecule has 0 radical (unpaired) electrons. The van der Waals surface area contributed by atoms with Gasteiger partial charge in [0.2, 0.25) is 0 Å². The van der Waals surface area contributed by atoms with Crippen LogP contribution in [0.25, 0.3) is 82.6 Å². The van der Waals surface area contributed by atoms with Crippen molar-refractivity contribution < 1.29 is 8.83 Å². The number of para-hydroxylation sites is 2. The average molecular weight is 849 g/mol. The highest BCUT2D eigenvalue weighted by molar-refractivity contribution is 6.17. The van der Waals surface area contributed by atoms with E-state index in [1.54, 1.807) is 0 Å². The third-order valence-corrected chi connectivity index (χ3v) is 14.0. The SMILES string of the molecule is CC1C/C=C(c2cc3c(cc2C2CCc4cc5ccccc5cc4-c4ccccc42)oc2ccccc23)/N=C(c2ccc(-c3ccccc3)cc2)\N=C/1c1ccc2oc3ccccc3c2c1. The smallest absolute Gasteiger partial charge is 0.160 e. The van der Waals surface area contributed by atoms with Gasteiger partial charge in [0.25, 0.3) is 0 Å². The van der Waals surface area contributed by atoms with E-state index in [0.717, 1.165) is 96.8 Å². The molecule has 0 saturated heterocycles. The summed E-state index contributed by atoms with van der Waals surface area (Å²) in [6.07, 6.45) is 5.00. The summed E-state index contributed by atoms with van der Waals surface area (Å²) in [5.74, 6) is 0.837. The Balaban J connectivity index is 1.02. The molecule has 4 heteroatoms. The highest BCUT2D eigenvalue weighted by Gasteiger charge is 2.29. The van der Waals surface area contributed by atoms with Crippen LogP contribution in [0.1, 0.15) is 59.1 Å². The number of rotatable bonds is 5. The Hall–Kier alpha value is -8.08. The van der Waals surface area contributed by atoms with Crippen molar-refractivity contribution in [3.63, 3.8) is 0 Å². The van der Waals surface area contributed by atoms with Crippen molar-refractivity contribution in [2.45, 2.75) is 32.1 Å². The molecular formula is C62H44N2O2. The zero-order valence-corrected chi connectivity index (χ0v) is 36.5. The van der Waals surface area contributed by atoms with E-state index in [9.17, 15) is 0 Å². The largest absolute Gasteiger partial charge is 0.456 e. The van der Waals surface area contributed by atoms with Crippen LogP contribution in [-0.4, -0.2) is 11.5 Å². The number of nitrogens with zero attached hydrogens (tertiary/aromatic N) is 2. The predicted octanol–water partition coefficient (Wildman–Crippen LogP) is 16.4. The van der Waals surface area contributed by atoms with Crippen LogP contribution in [0, 0.1) is 5.92 Å². The van der Waals surface area contributed by atoms with Gasteiger partial charge in [-0.05, 0) is 123 Å². The van der Waals surface area contributed by atoms with E-state index in [0.29, 0.717) is 5.84 Å². The van der Waals surface area contributed by atoms with Gasteiger partial charge in [0.05, 0.1) is 11.4 Å². The lowest BCUT2D eigenvalue weighted by molar-refractivity contribution is 0.665. The van der Waals surface area contributed by atoms with Crippen molar-refractivity contribution >= 4 is 71.9 Å². The summed E-state index contributed by atoms with van der Waals surface area (Å²) < 4.78 is 13.0. The number of aliphatic imine (C=N–C) groups is 2. The van der Waals surface area contributed by atoms with Crippen molar-refractivity contribution in [2.24, 2.45) is 15.9 Å². The van der Waals surface area contributed by atoms with Crippen LogP contribution in [-0.2, 0) is 6.42 Å². The van der Waals surface area contributed by atoms with Crippen LogP contribution >= 0.6 is 0 Å². The molecule has 0 bridgehead atoms. The van der Waals surface area contributed by atoms with Gasteiger partial charge in [0.15, 0.2) is 5.84 Å². The Labute approximate surface area is 382 Å². The standard InChI is InChI=1S/C62H44N2O2/c1-38-23-31-56(63-62(41-26-24-40(25-27-41)39-13-3-2-4-14-39)64-61(38)45-29-32-59-54(35-45)49-19-9-11-21-57(49)65-59)53-36-55-50-20-10-12-22-58(50)66-60(55)37-52(53)48-30-28-44-33-42-15-5-6-16-43(42)34-51(44)47-18-8-7-17-46(47)48/h2-22,24-27,29,31-38,48H,23,28,30H2,1H3/b56-31+,63-62-,64-61+. The quantitative estimate of drug-likeness (QED) is 0.173. The summed E-state index contributed by atoms with van der Waals surface area (Å²) in [5, 5.41) is 6.92. The number of fused-ring (bicyclic) bond motifs is 10. The van der Waals surface area contributed by atoms with Gasteiger partial charge in [-0.25, -0.2) is 9.98 Å². The van der Waals surface area contributed by atoms with Crippen LogP contribution in [0.5, 0.6) is 0 Å². The monoisotopic (exact) mass is 848 g/mol. The first-order chi connectivity index (χ1) is 32.6. The maximum atomic E-state index is 6.69. The Morgan fingerprint density at radius 2 is 1.06 bits per heavy atom. The van der Waals surface area contributed by atoms with Gasteiger partial charge < -0.3 is 8.83 Å². The second-order valence-electron chi connectivity index (χ2n) is 18.0. The summed E-state index contributed by atoms with van der Waals surface area (Å²) >= 11 is 0. The van der Waals surface area contributed by atoms with Gasteiger partial charge in [-0.15, -0.1) is 0 Å². The summed E-state index contributed by atoms with van der Waals surface area (Å²) in [6, 6.07) is 69.7. The first-order valence-corrected chi connectivity index (χ1v) is 23.1. The average Bonchev–Trinajstić information content (AvgIpc) is 3.88. The lowest BCUT2D eigenvalue weighted by Crippen LogP contribution is -2.17. The molecule has 1 aliphatic carbocycles. The highest BCUT2D eigenvalue weighted by Crippen LogP contribution is 2.47. The molecule has 2 unspecified atom stereocenters. The van der Waals surface area contributed by atoms with Crippen molar-refractivity contribution in [3.05, 3.63) is 234 Å². The normalized spacial score (nSPS) is 18.7. The number of allylic oxidation sites excluding steroid dienone is 1. The molecule has 11 aromatic rings. The fourth-order valence-electron chi connectivity index (χ4n) is 10.7. The Bertz CT molecular complexity index is 3810. The van der Waals surface area contributed by atoms with Crippen LogP contribution < -0.4 is 0 Å². The number of aryl methyl sites for hydroxylation is 1. The molecule has 66 heavy (non-hydrogen) atoms. The minimum Gasteiger partial charge on any atom is -0.456 e. The molecule has 314 valence electrons. The lowest BCUT2D eigenvalue weighted by atomic mass is 9.82. The molecule has 0 fully saturated rings. The molecule has 0 N–H and O–H groups in total. The fourth-order valence-corrected chi connectivity index (χ4v) is 10.7. The second-order valence-corrected chi connectivity index (χ2v) is 18.0. The third kappa shape index (κ3) is 6.51. The number of benzene rings is 9. The highest BCUT2D eigenvalue weighted by atomic mass is 16.3. The van der Waals surface area contributed by atoms with E-state index in [-0.39, 0.29) is 11.8 Å². The molecule has 0 saturated carbocycles. The molecule has 3 heterocycles. The molecule has 2 atom stereocenters. The Morgan fingerprint density at radius 3 is 1.86 bits per heavy atom. The van der Waals surface area contributed by atoms with Gasteiger partial charge in [-0.2, -0.15) is 0 Å². The second kappa shape index (κ2) is 15.6. The lowest BCUT2D eigenvalue weighted by Gasteiger charge is -2.23. The maximum absolute atomic E-state index is 6.69. The maximum Gasteiger partial charge on any atom is 0.160 e. The summed E-state index contributed by atoms with van der Waals surface area (Å²) in [4.78, 5) is 11.3. The number of hydrogen-bond acceptors (Lipinski definition) is 4. The molecule has 2 aromatic heterocycles. The van der Waals surface area contributed by atoms with Crippen molar-refractivity contribution in [1.82, 2.24) is 0 Å². The molecule has 0 amide bonds. The van der Waals surface area contributed by atoms with Crippen LogP contribution in [0.4, 0.5) is 0 Å². The van der Waals surface area contributed by atoms with E-state index in [2.05, 4.69) is 195 Å². The van der Waals surface area contributed by atoms with E-state index < -0.39 is 0 Å². The van der Waals surface area contributed by atoms with Crippen LogP contribution in [0.15, 0.2) is 219 Å². The summed E-state index contributed by atoms with van der Waals surface area (Å²) in [5.41, 5.74) is 17.5. The summed E-state index contributed by atoms with van der Waals surface area (Å²) in [6.45, 7) is 2.29. The molecule has 2 aliphatic rings. The zero-order chi connectivity index (χ0) is 43.7. The van der Waals surface area contributed by atoms with Gasteiger partial charge in [-0.3, -0.25) is 0 Å². The van der Waals surface area contributed by atoms with Crippen molar-refractivity contribution in [1.29, 1.82) is 0 Å². The van der Waals surface area contributed by atoms with E-state index >= 15 is 0 Å². The van der Waals surface area contributed by atoms with Gasteiger partial charge >= 0.3 is 0 Å². The zero-order valence-electron chi connectivity index (χ0n) is 36.5. The summed E-state index contributed by atoms with van der Waals surface area (Å²) in [7, 11) is 0. The third-order valence-electron chi connectivity index (χ3n) is 14.0. The first kappa shape index (κ1) is 38.4. The topological polar surface area (TPSA) is 51.0 Å². The molecule has 9 aromatic carbocycles. The van der Waals surface area contributed by atoms with E-state index in [4.69, 9.17) is 18.8 Å². The minimum absolute atomic E-state index is 0.0764. The fraction of sp³-hybridized carbons (Fsp3) is 0.0968. The van der Waals surface area contributed by atoms with Gasteiger partial charge in [0, 0.05) is 44.5 Å². The Morgan fingerprint density at radius 1 is 0.439 bits per heavy atom. The van der Waals surface area contributed by atoms with E-state index in [1.165, 1.54) is 44.2 Å². The van der Waals surface area contributed by atoms with Crippen LogP contribution in [0.2, 0.25) is 0 Å². The van der Waals surface area contributed by atoms with Gasteiger partial charge in [0.1, 0.15) is 22.3 Å². The van der Waals surface area contributed by atoms with Crippen molar-refractivity contribution in [2.75, 3.05) is 0 Å². The number of hydrogen-bond donors (Lipinski definition) is 0. The molecular weight excluding hydrogens is 805 g/mol. The van der Waals surface area contributed by atoms with Gasteiger partial charge in [-0.1, -0.05) is 159 Å². The molecule has 0 spiro atoms. The first-order valence-electron chi connectivity index (χ1n) is 23.1. The number of amidine groups is 1. The molecule has 4 nitrogen and oxygen atoms in total. The van der Waals surface area contributed by atoms with Crippen LogP contribution in [0.3, 0.4) is 0 Å². The Kier molecular flexibility index (Phi) is 9.06. The predicted molar refractivity (Wildman–Crippen MR) is 274 cm³/mol.